The van der Waals surface area contributed by atoms with Crippen LogP contribution < -0.4 is 0 Å². The van der Waals surface area contributed by atoms with E-state index in [1.165, 1.54) is 32.5 Å². The SMILES string of the molecule is CC(=O)C1CCN(CC2CCN(I)CC2)CC1. The number of rotatable bonds is 3. The molecule has 0 aromatic rings. The standard InChI is InChI=1S/C13H23IN2O/c1-11(17)13-4-6-15(7-5-13)10-12-2-8-16(14)9-3-12/h12-13H,2-10H2,1H3. The predicted molar refractivity (Wildman–Crippen MR) is 78.2 cm³/mol. The smallest absolute Gasteiger partial charge is 0.133 e. The molecular weight excluding hydrogens is 327 g/mol. The van der Waals surface area contributed by atoms with Crippen LogP contribution in [0.1, 0.15) is 32.6 Å². The number of carbonyl (C=O) groups excluding carboxylic acids is 1. The quantitative estimate of drug-likeness (QED) is 0.577. The Morgan fingerprint density at radius 1 is 1.12 bits per heavy atom. The van der Waals surface area contributed by atoms with Gasteiger partial charge in [0, 0.05) is 48.4 Å². The zero-order valence-corrected chi connectivity index (χ0v) is 12.9. The lowest BCUT2D eigenvalue weighted by Gasteiger charge is -2.35. The number of likely N-dealkylation sites (tertiary alicyclic amines) is 1. The summed E-state index contributed by atoms with van der Waals surface area (Å²) in [7, 11) is 0. The molecule has 0 aromatic heterocycles. The topological polar surface area (TPSA) is 23.6 Å². The fourth-order valence-corrected chi connectivity index (χ4v) is 3.53. The van der Waals surface area contributed by atoms with Crippen LogP contribution in [0.5, 0.6) is 0 Å². The normalized spacial score (nSPS) is 26.2. The fourth-order valence-electron chi connectivity index (χ4n) is 2.97. The van der Waals surface area contributed by atoms with Crippen LogP contribution in [0.15, 0.2) is 0 Å². The first kappa shape index (κ1) is 13.7. The van der Waals surface area contributed by atoms with Gasteiger partial charge in [0.05, 0.1) is 0 Å². The van der Waals surface area contributed by atoms with E-state index in [9.17, 15) is 4.79 Å². The van der Waals surface area contributed by atoms with E-state index in [-0.39, 0.29) is 0 Å². The fraction of sp³-hybridized carbons (Fsp3) is 0.923. The molecule has 0 unspecified atom stereocenters. The average Bonchev–Trinajstić information content (AvgIpc) is 2.33. The van der Waals surface area contributed by atoms with Crippen LogP contribution in [-0.2, 0) is 4.79 Å². The molecule has 17 heavy (non-hydrogen) atoms. The molecule has 0 aromatic carbocycles. The molecule has 0 saturated carbocycles. The molecule has 2 fully saturated rings. The molecule has 0 atom stereocenters. The molecule has 0 spiro atoms. The van der Waals surface area contributed by atoms with Crippen LogP contribution >= 0.6 is 22.9 Å². The maximum Gasteiger partial charge on any atom is 0.133 e. The Morgan fingerprint density at radius 2 is 1.71 bits per heavy atom. The van der Waals surface area contributed by atoms with Gasteiger partial charge in [-0.25, -0.2) is 3.11 Å². The van der Waals surface area contributed by atoms with Crippen LogP contribution in [0.3, 0.4) is 0 Å². The van der Waals surface area contributed by atoms with Gasteiger partial charge in [-0.2, -0.15) is 0 Å². The molecule has 98 valence electrons. The molecule has 4 heteroatoms. The molecule has 0 aliphatic carbocycles. The highest BCUT2D eigenvalue weighted by Crippen LogP contribution is 2.24. The summed E-state index contributed by atoms with van der Waals surface area (Å²) >= 11 is 2.43. The minimum Gasteiger partial charge on any atom is -0.303 e. The maximum atomic E-state index is 11.3. The van der Waals surface area contributed by atoms with Gasteiger partial charge in [-0.15, -0.1) is 0 Å². The summed E-state index contributed by atoms with van der Waals surface area (Å²) < 4.78 is 2.40. The Labute approximate surface area is 118 Å². The number of hydrogen-bond acceptors (Lipinski definition) is 3. The first-order chi connectivity index (χ1) is 8.15. The number of ketones is 1. The lowest BCUT2D eigenvalue weighted by Crippen LogP contribution is -2.40. The van der Waals surface area contributed by atoms with Crippen molar-refractivity contribution in [2.24, 2.45) is 11.8 Å². The van der Waals surface area contributed by atoms with Crippen LogP contribution in [-0.4, -0.2) is 46.5 Å². The van der Waals surface area contributed by atoms with Crippen molar-refractivity contribution in [3.8, 4) is 0 Å². The van der Waals surface area contributed by atoms with Gasteiger partial charge < -0.3 is 4.90 Å². The zero-order valence-electron chi connectivity index (χ0n) is 10.7. The van der Waals surface area contributed by atoms with Crippen molar-refractivity contribution in [1.82, 2.24) is 8.01 Å². The van der Waals surface area contributed by atoms with Gasteiger partial charge in [-0.3, -0.25) is 4.79 Å². The maximum absolute atomic E-state index is 11.3. The number of hydrogen-bond donors (Lipinski definition) is 0. The van der Waals surface area contributed by atoms with Crippen molar-refractivity contribution in [2.45, 2.75) is 32.6 Å². The minimum absolute atomic E-state index is 0.349. The third kappa shape index (κ3) is 4.17. The van der Waals surface area contributed by atoms with Gasteiger partial charge in [0.1, 0.15) is 5.78 Å². The zero-order chi connectivity index (χ0) is 12.3. The largest absolute Gasteiger partial charge is 0.303 e. The highest BCUT2D eigenvalue weighted by atomic mass is 127. The highest BCUT2D eigenvalue weighted by Gasteiger charge is 2.25. The van der Waals surface area contributed by atoms with Gasteiger partial charge in [0.25, 0.3) is 0 Å². The van der Waals surface area contributed by atoms with Crippen LogP contribution in [0, 0.1) is 11.8 Å². The second-order valence-corrected chi connectivity index (χ2v) is 6.90. The van der Waals surface area contributed by atoms with Crippen LogP contribution in [0.2, 0.25) is 0 Å². The van der Waals surface area contributed by atoms with E-state index in [0.717, 1.165) is 31.8 Å². The molecule has 0 N–H and O–H groups in total. The van der Waals surface area contributed by atoms with Gasteiger partial charge in [0.15, 0.2) is 0 Å². The number of Topliss-reactive ketones (excluding diaryl/α,β-unsaturated/α-hetero) is 1. The van der Waals surface area contributed by atoms with E-state index in [1.807, 2.05) is 0 Å². The summed E-state index contributed by atoms with van der Waals surface area (Å²) in [4.78, 5) is 13.9. The molecular formula is C13H23IN2O. The summed E-state index contributed by atoms with van der Waals surface area (Å²) in [6.45, 7) is 7.76. The second-order valence-electron chi connectivity index (χ2n) is 5.54. The minimum atomic E-state index is 0.349. The van der Waals surface area contributed by atoms with Gasteiger partial charge in [-0.1, -0.05) is 0 Å². The molecule has 2 aliphatic heterocycles. The van der Waals surface area contributed by atoms with Crippen molar-refractivity contribution in [1.29, 1.82) is 0 Å². The van der Waals surface area contributed by atoms with Crippen molar-refractivity contribution < 1.29 is 4.79 Å². The predicted octanol–water partition coefficient (Wildman–Crippen LogP) is 2.35. The van der Waals surface area contributed by atoms with E-state index in [0.29, 0.717) is 11.7 Å². The monoisotopic (exact) mass is 350 g/mol. The van der Waals surface area contributed by atoms with Crippen molar-refractivity contribution in [2.75, 3.05) is 32.7 Å². The number of nitrogens with zero attached hydrogens (tertiary/aromatic N) is 2. The Hall–Kier alpha value is 0.320. The second kappa shape index (κ2) is 6.48. The van der Waals surface area contributed by atoms with E-state index in [1.54, 1.807) is 6.92 Å². The molecule has 2 rings (SSSR count). The molecule has 2 heterocycles. The first-order valence-electron chi connectivity index (χ1n) is 6.78. The summed E-state index contributed by atoms with van der Waals surface area (Å²) in [6, 6.07) is 0. The molecule has 0 radical (unpaired) electrons. The summed E-state index contributed by atoms with van der Waals surface area (Å²) in [5, 5.41) is 0. The summed E-state index contributed by atoms with van der Waals surface area (Å²) in [5.41, 5.74) is 0. The number of halogens is 1. The molecule has 2 saturated heterocycles. The van der Waals surface area contributed by atoms with Crippen molar-refractivity contribution >= 4 is 28.6 Å². The molecule has 0 amide bonds. The Bertz CT molecular complexity index is 256. The lowest BCUT2D eigenvalue weighted by atomic mass is 9.91. The van der Waals surface area contributed by atoms with E-state index in [4.69, 9.17) is 0 Å². The summed E-state index contributed by atoms with van der Waals surface area (Å²) in [6.07, 6.45) is 4.85. The first-order valence-corrected chi connectivity index (χ1v) is 7.75. The average molecular weight is 350 g/mol. The Morgan fingerprint density at radius 3 is 2.24 bits per heavy atom. The lowest BCUT2D eigenvalue weighted by molar-refractivity contribution is -0.122. The number of carbonyl (C=O) groups is 1. The van der Waals surface area contributed by atoms with E-state index >= 15 is 0 Å². The van der Waals surface area contributed by atoms with E-state index in [2.05, 4.69) is 30.9 Å². The third-order valence-corrected chi connectivity index (χ3v) is 5.20. The van der Waals surface area contributed by atoms with Gasteiger partial charge in [0.2, 0.25) is 0 Å². The Kier molecular flexibility index (Phi) is 5.24. The van der Waals surface area contributed by atoms with Gasteiger partial charge in [-0.05, 0) is 51.6 Å². The highest BCUT2D eigenvalue weighted by molar-refractivity contribution is 14.1. The number of piperidine rings is 2. The van der Waals surface area contributed by atoms with Crippen LogP contribution in [0.4, 0.5) is 0 Å². The molecule has 2 aliphatic rings. The third-order valence-electron chi connectivity index (χ3n) is 4.24. The summed E-state index contributed by atoms with van der Waals surface area (Å²) in [5.74, 6) is 1.63. The molecule has 0 bridgehead atoms. The van der Waals surface area contributed by atoms with Crippen LogP contribution in [0.25, 0.3) is 0 Å². The van der Waals surface area contributed by atoms with Crippen molar-refractivity contribution in [3.05, 3.63) is 0 Å². The van der Waals surface area contributed by atoms with Gasteiger partial charge >= 0.3 is 0 Å². The van der Waals surface area contributed by atoms with Crippen molar-refractivity contribution in [3.63, 3.8) is 0 Å². The Balaban J connectivity index is 1.69. The van der Waals surface area contributed by atoms with E-state index < -0.39 is 0 Å². The molecule has 3 nitrogen and oxygen atoms in total.